The summed E-state index contributed by atoms with van der Waals surface area (Å²) in [7, 11) is 0. The summed E-state index contributed by atoms with van der Waals surface area (Å²) in [6, 6.07) is 10.9. The summed E-state index contributed by atoms with van der Waals surface area (Å²) in [5, 5.41) is 16.8. The van der Waals surface area contributed by atoms with Gasteiger partial charge in [0.1, 0.15) is 5.02 Å². The lowest BCUT2D eigenvalue weighted by Gasteiger charge is -2.04. The zero-order chi connectivity index (χ0) is 18.4. The zero-order valence-corrected chi connectivity index (χ0v) is 13.8. The number of nitro benzene ring substituents is 1. The molecule has 0 spiro atoms. The van der Waals surface area contributed by atoms with Crippen LogP contribution in [0.4, 0.5) is 11.4 Å². The van der Waals surface area contributed by atoms with Crippen molar-refractivity contribution < 1.29 is 14.5 Å². The van der Waals surface area contributed by atoms with E-state index in [9.17, 15) is 19.7 Å². The highest BCUT2D eigenvalue weighted by molar-refractivity contribution is 6.39. The molecule has 2 aromatic carbocycles. The number of hydrazone groups is 1. The van der Waals surface area contributed by atoms with Crippen LogP contribution in [0.2, 0.25) is 5.02 Å². The maximum absolute atomic E-state index is 11.7. The number of hydrogen-bond donors (Lipinski definition) is 2. The van der Waals surface area contributed by atoms with Crippen LogP contribution in [0, 0.1) is 17.0 Å². The Bertz CT molecular complexity index is 850. The van der Waals surface area contributed by atoms with Gasteiger partial charge in [-0.05, 0) is 25.1 Å². The number of anilines is 1. The molecule has 0 saturated heterocycles. The number of carbonyl (C=O) groups excluding carboxylic acids is 2. The fraction of sp³-hybridized carbons (Fsp3) is 0.0625. The predicted molar refractivity (Wildman–Crippen MR) is 93.7 cm³/mol. The zero-order valence-electron chi connectivity index (χ0n) is 13.0. The number of nitrogens with zero attached hydrogens (tertiary/aromatic N) is 2. The lowest BCUT2D eigenvalue weighted by Crippen LogP contribution is -2.32. The number of amides is 2. The van der Waals surface area contributed by atoms with Crippen LogP contribution in [0.1, 0.15) is 11.1 Å². The summed E-state index contributed by atoms with van der Waals surface area (Å²) >= 11 is 5.70. The Morgan fingerprint density at radius 2 is 1.84 bits per heavy atom. The molecule has 0 bridgehead atoms. The van der Waals surface area contributed by atoms with Crippen molar-refractivity contribution in [2.75, 3.05) is 5.32 Å². The van der Waals surface area contributed by atoms with Gasteiger partial charge in [-0.2, -0.15) is 5.10 Å². The third-order valence-corrected chi connectivity index (χ3v) is 3.38. The van der Waals surface area contributed by atoms with E-state index in [1.54, 1.807) is 24.3 Å². The molecule has 0 aliphatic heterocycles. The van der Waals surface area contributed by atoms with Gasteiger partial charge in [-0.1, -0.05) is 35.4 Å². The second kappa shape index (κ2) is 8.02. The summed E-state index contributed by atoms with van der Waals surface area (Å²) < 4.78 is 0. The van der Waals surface area contributed by atoms with Gasteiger partial charge in [0.15, 0.2) is 0 Å². The Morgan fingerprint density at radius 3 is 2.48 bits per heavy atom. The highest BCUT2D eigenvalue weighted by Gasteiger charge is 2.14. The van der Waals surface area contributed by atoms with Gasteiger partial charge in [0.2, 0.25) is 0 Å². The van der Waals surface area contributed by atoms with E-state index in [0.29, 0.717) is 11.3 Å². The first-order chi connectivity index (χ1) is 11.9. The molecule has 0 atom stereocenters. The molecule has 2 rings (SSSR count). The van der Waals surface area contributed by atoms with Crippen molar-refractivity contribution in [3.63, 3.8) is 0 Å². The number of rotatable bonds is 4. The van der Waals surface area contributed by atoms with Crippen molar-refractivity contribution in [1.29, 1.82) is 0 Å². The molecule has 2 aromatic rings. The van der Waals surface area contributed by atoms with Crippen LogP contribution in [0.5, 0.6) is 0 Å². The minimum Gasteiger partial charge on any atom is -0.318 e. The Hall–Kier alpha value is -3.26. The summed E-state index contributed by atoms with van der Waals surface area (Å²) in [6.45, 7) is 1.90. The third-order valence-electron chi connectivity index (χ3n) is 3.06. The maximum atomic E-state index is 11.7. The van der Waals surface area contributed by atoms with Crippen LogP contribution in [0.25, 0.3) is 0 Å². The second-order valence-electron chi connectivity index (χ2n) is 4.99. The van der Waals surface area contributed by atoms with Crippen LogP contribution in [0.15, 0.2) is 47.6 Å². The number of benzene rings is 2. The van der Waals surface area contributed by atoms with Crippen molar-refractivity contribution in [2.45, 2.75) is 6.92 Å². The molecule has 0 aliphatic rings. The minimum absolute atomic E-state index is 0.0105. The van der Waals surface area contributed by atoms with Crippen molar-refractivity contribution in [1.82, 2.24) is 5.43 Å². The standard InChI is InChI=1S/C16H13ClN4O4/c1-10-2-5-12(6-3-10)19-15(22)16(23)20-18-9-11-4-7-13(17)14(8-11)21(24)25/h2-9H,1H3,(H,19,22)(H,20,23)/b18-9+. The van der Waals surface area contributed by atoms with Gasteiger partial charge >= 0.3 is 11.8 Å². The van der Waals surface area contributed by atoms with E-state index in [0.717, 1.165) is 5.56 Å². The first kappa shape index (κ1) is 18.1. The van der Waals surface area contributed by atoms with Crippen LogP contribution in [-0.4, -0.2) is 23.0 Å². The van der Waals surface area contributed by atoms with Crippen molar-refractivity contribution in [3.05, 3.63) is 68.7 Å². The highest BCUT2D eigenvalue weighted by atomic mass is 35.5. The molecule has 0 aliphatic carbocycles. The average molecular weight is 361 g/mol. The molecule has 2 amide bonds. The molecule has 0 radical (unpaired) electrons. The second-order valence-corrected chi connectivity index (χ2v) is 5.39. The molecule has 0 saturated carbocycles. The number of nitrogens with one attached hydrogen (secondary N) is 2. The number of aryl methyl sites for hydroxylation is 1. The first-order valence-electron chi connectivity index (χ1n) is 7.02. The molecule has 8 nitrogen and oxygen atoms in total. The van der Waals surface area contributed by atoms with Gasteiger partial charge in [0, 0.05) is 17.3 Å². The van der Waals surface area contributed by atoms with Gasteiger partial charge in [-0.3, -0.25) is 19.7 Å². The van der Waals surface area contributed by atoms with E-state index in [1.807, 2.05) is 12.3 Å². The molecule has 2 N–H and O–H groups in total. The van der Waals surface area contributed by atoms with Crippen molar-refractivity contribution in [2.24, 2.45) is 5.10 Å². The van der Waals surface area contributed by atoms with Gasteiger partial charge in [0.25, 0.3) is 5.69 Å². The van der Waals surface area contributed by atoms with Crippen LogP contribution >= 0.6 is 11.6 Å². The Labute approximate surface area is 147 Å². The molecule has 0 unspecified atom stereocenters. The molecule has 0 aromatic heterocycles. The average Bonchev–Trinajstić information content (AvgIpc) is 2.58. The summed E-state index contributed by atoms with van der Waals surface area (Å²) in [5.74, 6) is -1.86. The summed E-state index contributed by atoms with van der Waals surface area (Å²) in [5.41, 5.74) is 3.59. The molecule has 128 valence electrons. The molecular weight excluding hydrogens is 348 g/mol. The van der Waals surface area contributed by atoms with E-state index >= 15 is 0 Å². The van der Waals surface area contributed by atoms with Crippen LogP contribution in [0.3, 0.4) is 0 Å². The molecular formula is C16H13ClN4O4. The van der Waals surface area contributed by atoms with Crippen LogP contribution < -0.4 is 10.7 Å². The van der Waals surface area contributed by atoms with E-state index < -0.39 is 16.7 Å². The van der Waals surface area contributed by atoms with E-state index in [2.05, 4.69) is 10.4 Å². The van der Waals surface area contributed by atoms with E-state index in [4.69, 9.17) is 11.6 Å². The number of nitro groups is 1. The molecule has 0 heterocycles. The van der Waals surface area contributed by atoms with E-state index in [-0.39, 0.29) is 10.7 Å². The maximum Gasteiger partial charge on any atom is 0.329 e. The Morgan fingerprint density at radius 1 is 1.16 bits per heavy atom. The smallest absolute Gasteiger partial charge is 0.318 e. The fourth-order valence-corrected chi connectivity index (χ4v) is 1.98. The van der Waals surface area contributed by atoms with E-state index in [1.165, 1.54) is 24.4 Å². The van der Waals surface area contributed by atoms with Gasteiger partial charge in [-0.25, -0.2) is 5.43 Å². The van der Waals surface area contributed by atoms with Crippen molar-refractivity contribution >= 4 is 41.0 Å². The molecule has 9 heteroatoms. The molecule has 25 heavy (non-hydrogen) atoms. The highest BCUT2D eigenvalue weighted by Crippen LogP contribution is 2.24. The third kappa shape index (κ3) is 5.11. The lowest BCUT2D eigenvalue weighted by molar-refractivity contribution is -0.384. The number of halogens is 1. The first-order valence-corrected chi connectivity index (χ1v) is 7.39. The monoisotopic (exact) mass is 360 g/mol. The quantitative estimate of drug-likeness (QED) is 0.377. The Balaban J connectivity index is 1.95. The fourth-order valence-electron chi connectivity index (χ4n) is 1.79. The number of hydrogen-bond acceptors (Lipinski definition) is 5. The predicted octanol–water partition coefficient (Wildman–Crippen LogP) is 2.65. The number of carbonyl (C=O) groups is 2. The normalized spacial score (nSPS) is 10.5. The molecule has 0 fully saturated rings. The topological polar surface area (TPSA) is 114 Å². The van der Waals surface area contributed by atoms with Crippen LogP contribution in [-0.2, 0) is 9.59 Å². The SMILES string of the molecule is Cc1ccc(NC(=O)C(=O)N/N=C/c2ccc(Cl)c([N+](=O)[O-])c2)cc1. The minimum atomic E-state index is -0.972. The van der Waals surface area contributed by atoms with Gasteiger partial charge < -0.3 is 5.32 Å². The summed E-state index contributed by atoms with van der Waals surface area (Å²) in [6.07, 6.45) is 1.17. The largest absolute Gasteiger partial charge is 0.329 e. The van der Waals surface area contributed by atoms with Crippen molar-refractivity contribution in [3.8, 4) is 0 Å². The van der Waals surface area contributed by atoms with Gasteiger partial charge in [-0.15, -0.1) is 0 Å². The van der Waals surface area contributed by atoms with Gasteiger partial charge in [0.05, 0.1) is 11.1 Å². The lowest BCUT2D eigenvalue weighted by atomic mass is 10.2. The summed E-state index contributed by atoms with van der Waals surface area (Å²) in [4.78, 5) is 33.6. The Kier molecular flexibility index (Phi) is 5.80.